The van der Waals surface area contributed by atoms with Crippen molar-refractivity contribution in [1.82, 2.24) is 16.0 Å². The van der Waals surface area contributed by atoms with E-state index in [1.54, 1.807) is 13.8 Å². The molecule has 8 N–H and O–H groups in total. The molecule has 5 unspecified atom stereocenters. The Hall–Kier alpha value is -3.22. The number of carboxylic acids is 3. The van der Waals surface area contributed by atoms with Crippen LogP contribution in [-0.4, -0.2) is 75.1 Å². The second-order valence-corrected chi connectivity index (χ2v) is 7.14. The summed E-state index contributed by atoms with van der Waals surface area (Å²) in [6, 6.07) is -5.28. The van der Waals surface area contributed by atoms with E-state index in [0.717, 1.165) is 0 Å². The van der Waals surface area contributed by atoms with Gasteiger partial charge in [-0.3, -0.25) is 28.8 Å². The van der Waals surface area contributed by atoms with Gasteiger partial charge in [0.1, 0.15) is 18.1 Å². The lowest BCUT2D eigenvalue weighted by Gasteiger charge is -2.27. The average molecular weight is 446 g/mol. The van der Waals surface area contributed by atoms with E-state index in [4.69, 9.17) is 21.1 Å². The lowest BCUT2D eigenvalue weighted by Crippen LogP contribution is -2.58. The van der Waals surface area contributed by atoms with Crippen LogP contribution >= 0.6 is 0 Å². The largest absolute Gasteiger partial charge is 0.481 e. The normalized spacial score (nSPS) is 15.5. The van der Waals surface area contributed by atoms with E-state index in [9.17, 15) is 28.8 Å². The second kappa shape index (κ2) is 13.2. The van der Waals surface area contributed by atoms with Crippen molar-refractivity contribution in [3.63, 3.8) is 0 Å². The molecule has 0 fully saturated rings. The van der Waals surface area contributed by atoms with Gasteiger partial charge >= 0.3 is 17.9 Å². The minimum atomic E-state index is -1.59. The van der Waals surface area contributed by atoms with Crippen LogP contribution in [0.3, 0.4) is 0 Å². The van der Waals surface area contributed by atoms with Crippen molar-refractivity contribution >= 4 is 35.6 Å². The maximum absolute atomic E-state index is 12.7. The van der Waals surface area contributed by atoms with E-state index in [0.29, 0.717) is 6.42 Å². The quantitative estimate of drug-likeness (QED) is 0.159. The first-order valence-electron chi connectivity index (χ1n) is 9.63. The van der Waals surface area contributed by atoms with Crippen molar-refractivity contribution < 1.29 is 44.1 Å². The molecular formula is C18H30N4O9. The summed E-state index contributed by atoms with van der Waals surface area (Å²) in [6.45, 7) is 4.53. The summed E-state index contributed by atoms with van der Waals surface area (Å²) in [7, 11) is 0. The monoisotopic (exact) mass is 446 g/mol. The zero-order valence-electron chi connectivity index (χ0n) is 17.6. The van der Waals surface area contributed by atoms with Crippen LogP contribution in [0.2, 0.25) is 0 Å². The van der Waals surface area contributed by atoms with Crippen molar-refractivity contribution in [3.8, 4) is 0 Å². The maximum Gasteiger partial charge on any atom is 0.325 e. The predicted octanol–water partition coefficient (Wildman–Crippen LogP) is -1.74. The Balaban J connectivity index is 5.40. The highest BCUT2D eigenvalue weighted by Crippen LogP contribution is 2.10. The summed E-state index contributed by atoms with van der Waals surface area (Å²) in [5.41, 5.74) is 5.65. The van der Waals surface area contributed by atoms with E-state index < -0.39 is 72.1 Å². The summed E-state index contributed by atoms with van der Waals surface area (Å²) in [5.74, 6) is -7.01. The molecule has 0 saturated heterocycles. The fourth-order valence-electron chi connectivity index (χ4n) is 2.39. The highest BCUT2D eigenvalue weighted by Gasteiger charge is 2.32. The van der Waals surface area contributed by atoms with Crippen LogP contribution in [0.1, 0.15) is 46.5 Å². The Morgan fingerprint density at radius 1 is 0.839 bits per heavy atom. The molecule has 0 aliphatic carbocycles. The number of nitrogens with two attached hydrogens (primary N) is 1. The van der Waals surface area contributed by atoms with Gasteiger partial charge in [0.2, 0.25) is 17.7 Å². The number of aliphatic carboxylic acids is 3. The first-order chi connectivity index (χ1) is 14.3. The lowest BCUT2D eigenvalue weighted by atomic mass is 9.97. The number of carbonyl (C=O) groups excluding carboxylic acids is 3. The summed E-state index contributed by atoms with van der Waals surface area (Å²) in [5, 5.41) is 33.3. The molecule has 0 spiro atoms. The van der Waals surface area contributed by atoms with E-state index in [1.807, 2.05) is 0 Å². The predicted molar refractivity (Wildman–Crippen MR) is 106 cm³/mol. The molecule has 0 radical (unpaired) electrons. The SMILES string of the molecule is CCC(C)C(NC(=O)C(N)CCC(=O)O)C(=O)NC(CC(=O)O)C(=O)NC(C)C(=O)O. The molecule has 176 valence electrons. The van der Waals surface area contributed by atoms with Crippen molar-refractivity contribution in [2.24, 2.45) is 11.7 Å². The molecule has 0 aromatic heterocycles. The zero-order chi connectivity index (χ0) is 24.3. The molecule has 0 heterocycles. The molecule has 5 atom stereocenters. The van der Waals surface area contributed by atoms with Crippen LogP contribution in [0.15, 0.2) is 0 Å². The van der Waals surface area contributed by atoms with Crippen LogP contribution in [0, 0.1) is 5.92 Å². The minimum Gasteiger partial charge on any atom is -0.481 e. The summed E-state index contributed by atoms with van der Waals surface area (Å²) in [6.07, 6.45) is -0.900. The van der Waals surface area contributed by atoms with E-state index in [-0.39, 0.29) is 12.8 Å². The van der Waals surface area contributed by atoms with Crippen molar-refractivity contribution in [3.05, 3.63) is 0 Å². The number of amides is 3. The van der Waals surface area contributed by atoms with Crippen molar-refractivity contribution in [2.75, 3.05) is 0 Å². The van der Waals surface area contributed by atoms with Gasteiger partial charge in [-0.15, -0.1) is 0 Å². The number of carbonyl (C=O) groups is 6. The molecule has 0 aromatic carbocycles. The molecule has 0 aliphatic rings. The average Bonchev–Trinajstić information content (AvgIpc) is 2.67. The van der Waals surface area contributed by atoms with Gasteiger partial charge in [-0.2, -0.15) is 0 Å². The first kappa shape index (κ1) is 27.8. The molecule has 0 saturated carbocycles. The van der Waals surface area contributed by atoms with Crippen LogP contribution in [0.4, 0.5) is 0 Å². The van der Waals surface area contributed by atoms with Gasteiger partial charge in [0.25, 0.3) is 0 Å². The first-order valence-corrected chi connectivity index (χ1v) is 9.63. The van der Waals surface area contributed by atoms with Gasteiger partial charge < -0.3 is 37.0 Å². The Kier molecular flexibility index (Phi) is 11.8. The smallest absolute Gasteiger partial charge is 0.325 e. The van der Waals surface area contributed by atoms with E-state index in [1.165, 1.54) is 6.92 Å². The van der Waals surface area contributed by atoms with Gasteiger partial charge in [0, 0.05) is 6.42 Å². The minimum absolute atomic E-state index is 0.160. The van der Waals surface area contributed by atoms with Gasteiger partial charge in [0.15, 0.2) is 0 Å². The summed E-state index contributed by atoms with van der Waals surface area (Å²) >= 11 is 0. The maximum atomic E-state index is 12.7. The third-order valence-corrected chi connectivity index (χ3v) is 4.54. The summed E-state index contributed by atoms with van der Waals surface area (Å²) in [4.78, 5) is 69.9. The van der Waals surface area contributed by atoms with Gasteiger partial charge in [-0.1, -0.05) is 20.3 Å². The van der Waals surface area contributed by atoms with Crippen LogP contribution in [0.25, 0.3) is 0 Å². The third kappa shape index (κ3) is 10.4. The number of rotatable bonds is 14. The molecule has 13 heteroatoms. The summed E-state index contributed by atoms with van der Waals surface area (Å²) < 4.78 is 0. The van der Waals surface area contributed by atoms with E-state index in [2.05, 4.69) is 16.0 Å². The standard InChI is InChI=1S/C18H30N4O9/c1-4-8(2)14(22-15(27)10(19)5-6-12(23)24)17(29)21-11(7-13(25)26)16(28)20-9(3)18(30)31/h8-11,14H,4-7,19H2,1-3H3,(H,20,28)(H,21,29)(H,22,27)(H,23,24)(H,25,26)(H,30,31). The number of carboxylic acid groups (broad SMARTS) is 3. The zero-order valence-corrected chi connectivity index (χ0v) is 17.6. The van der Waals surface area contributed by atoms with Crippen LogP contribution in [0.5, 0.6) is 0 Å². The van der Waals surface area contributed by atoms with Crippen molar-refractivity contribution in [1.29, 1.82) is 0 Å². The molecule has 0 aromatic rings. The third-order valence-electron chi connectivity index (χ3n) is 4.54. The Bertz CT molecular complexity index is 698. The lowest BCUT2D eigenvalue weighted by molar-refractivity contribution is -0.143. The van der Waals surface area contributed by atoms with Crippen LogP contribution in [-0.2, 0) is 28.8 Å². The fourth-order valence-corrected chi connectivity index (χ4v) is 2.39. The van der Waals surface area contributed by atoms with Crippen LogP contribution < -0.4 is 21.7 Å². The Morgan fingerprint density at radius 3 is 1.87 bits per heavy atom. The highest BCUT2D eigenvalue weighted by atomic mass is 16.4. The number of hydrogen-bond acceptors (Lipinski definition) is 7. The molecule has 31 heavy (non-hydrogen) atoms. The number of hydrogen-bond donors (Lipinski definition) is 7. The molecule has 3 amide bonds. The molecule has 0 aliphatic heterocycles. The molecule has 13 nitrogen and oxygen atoms in total. The topological polar surface area (TPSA) is 225 Å². The molecular weight excluding hydrogens is 416 g/mol. The molecule has 0 bridgehead atoms. The van der Waals surface area contributed by atoms with Gasteiger partial charge in [0.05, 0.1) is 12.5 Å². The number of nitrogens with one attached hydrogen (secondary N) is 3. The van der Waals surface area contributed by atoms with E-state index >= 15 is 0 Å². The van der Waals surface area contributed by atoms with Gasteiger partial charge in [-0.25, -0.2) is 0 Å². The molecule has 0 rings (SSSR count). The highest BCUT2D eigenvalue weighted by molar-refractivity contribution is 5.95. The van der Waals surface area contributed by atoms with Crippen molar-refractivity contribution in [2.45, 2.75) is 70.6 Å². The van der Waals surface area contributed by atoms with Gasteiger partial charge in [-0.05, 0) is 19.3 Å². The Morgan fingerprint density at radius 2 is 1.42 bits per heavy atom. The fraction of sp³-hybridized carbons (Fsp3) is 0.667. The Labute approximate surface area is 178 Å². The second-order valence-electron chi connectivity index (χ2n) is 7.14.